The Labute approximate surface area is 170 Å². The van der Waals surface area contributed by atoms with Crippen LogP contribution in [0.25, 0.3) is 0 Å². The molecule has 0 bridgehead atoms. The van der Waals surface area contributed by atoms with Gasteiger partial charge in [-0.15, -0.1) is 0 Å². The second-order valence-corrected chi connectivity index (χ2v) is 26.8. The van der Waals surface area contributed by atoms with Crippen LogP contribution in [0.4, 0.5) is 0 Å². The van der Waals surface area contributed by atoms with Crippen LogP contribution < -0.4 is 0 Å². The Morgan fingerprint density at radius 2 is 1.08 bits per heavy atom. The van der Waals surface area contributed by atoms with Crippen molar-refractivity contribution in [2.45, 2.75) is 118 Å². The second kappa shape index (κ2) is 12.3. The quantitative estimate of drug-likeness (QED) is 0.244. The molecule has 0 aliphatic heterocycles. The van der Waals surface area contributed by atoms with Crippen LogP contribution in [-0.2, 0) is 12.3 Å². The zero-order valence-corrected chi connectivity index (χ0v) is 24.3. The fourth-order valence-electron chi connectivity index (χ4n) is 2.74. The molecule has 0 N–H and O–H groups in total. The van der Waals surface area contributed by atoms with E-state index in [-0.39, 0.29) is 0 Å². The Bertz CT molecular complexity index is 363. The van der Waals surface area contributed by atoms with Crippen molar-refractivity contribution in [1.29, 1.82) is 0 Å². The van der Waals surface area contributed by atoms with Crippen molar-refractivity contribution in [1.82, 2.24) is 0 Å². The molecule has 7 heteroatoms. The molecule has 160 valence electrons. The smallest absolute Gasteiger partial charge is 0.315 e. The van der Waals surface area contributed by atoms with Gasteiger partial charge in [0.25, 0.3) is 0 Å². The van der Waals surface area contributed by atoms with E-state index in [0.29, 0.717) is 0 Å². The summed E-state index contributed by atoms with van der Waals surface area (Å²) in [6, 6.07) is 1.09. The first-order valence-corrected chi connectivity index (χ1v) is 22.7. The highest BCUT2D eigenvalue weighted by Crippen LogP contribution is 2.28. The molecule has 0 aromatic rings. The molecule has 0 amide bonds. The number of hydrogen-bond donors (Lipinski definition) is 0. The van der Waals surface area contributed by atoms with Crippen LogP contribution >= 0.6 is 0 Å². The van der Waals surface area contributed by atoms with Crippen molar-refractivity contribution >= 4 is 33.8 Å². The highest BCUT2D eigenvalue weighted by atomic mass is 28.5. The van der Waals surface area contributed by atoms with E-state index in [0.717, 1.165) is 12.0 Å². The summed E-state index contributed by atoms with van der Waals surface area (Å²) in [5, 5.41) is 0. The third-order valence-corrected chi connectivity index (χ3v) is 17.1. The Kier molecular flexibility index (Phi) is 13.7. The normalized spacial score (nSPS) is 15.5. The third kappa shape index (κ3) is 19.5. The van der Waals surface area contributed by atoms with Gasteiger partial charge in [0, 0.05) is 0 Å². The molecule has 0 aromatic heterocycles. The summed E-state index contributed by atoms with van der Waals surface area (Å²) in [6.07, 6.45) is 5.02. The van der Waals surface area contributed by atoms with E-state index in [2.05, 4.69) is 86.6 Å². The van der Waals surface area contributed by atoms with Gasteiger partial charge in [-0.3, -0.25) is 0 Å². The van der Waals surface area contributed by atoms with Crippen LogP contribution in [0.15, 0.2) is 0 Å². The molecular formula is C19H50O3Si4. The molecule has 0 saturated carbocycles. The molecule has 0 heterocycles. The summed E-state index contributed by atoms with van der Waals surface area (Å²) < 4.78 is 19.5. The Balaban J connectivity index is 0. The van der Waals surface area contributed by atoms with Gasteiger partial charge in [0.15, 0.2) is 16.6 Å². The van der Waals surface area contributed by atoms with Gasteiger partial charge in [0.2, 0.25) is 0 Å². The van der Waals surface area contributed by atoms with Gasteiger partial charge >= 0.3 is 17.1 Å². The summed E-state index contributed by atoms with van der Waals surface area (Å²) in [7, 11) is -7.42. The van der Waals surface area contributed by atoms with Crippen LogP contribution in [-0.4, -0.2) is 33.8 Å². The van der Waals surface area contributed by atoms with E-state index in [1.807, 2.05) is 0 Å². The van der Waals surface area contributed by atoms with Gasteiger partial charge in [-0.05, 0) is 70.9 Å². The van der Waals surface area contributed by atoms with Crippen molar-refractivity contribution in [2.75, 3.05) is 0 Å². The largest absolute Gasteiger partial charge is 0.437 e. The van der Waals surface area contributed by atoms with Gasteiger partial charge < -0.3 is 12.3 Å². The minimum absolute atomic E-state index is 0.884. The minimum atomic E-state index is -2.14. The van der Waals surface area contributed by atoms with Crippen LogP contribution in [0.1, 0.15) is 53.4 Å². The molecular weight excluding hydrogens is 389 g/mol. The lowest BCUT2D eigenvalue weighted by Crippen LogP contribution is -2.56. The maximum Gasteiger partial charge on any atom is 0.315 e. The van der Waals surface area contributed by atoms with Crippen molar-refractivity contribution in [3.8, 4) is 0 Å². The first-order valence-electron chi connectivity index (χ1n) is 10.6. The van der Waals surface area contributed by atoms with E-state index < -0.39 is 33.8 Å². The van der Waals surface area contributed by atoms with Crippen molar-refractivity contribution in [3.63, 3.8) is 0 Å². The van der Waals surface area contributed by atoms with Gasteiger partial charge in [0.05, 0.1) is 0 Å². The summed E-state index contributed by atoms with van der Waals surface area (Å²) >= 11 is 0. The SMILES string of the molecule is CCC(C)C.CCCCC[Si](C)(O[Si](C)(C)C)O[Si](C)(C)O[Si](C)(C)C. The number of unbranched alkanes of at least 4 members (excludes halogenated alkanes) is 2. The van der Waals surface area contributed by atoms with Gasteiger partial charge in [0.1, 0.15) is 0 Å². The third-order valence-electron chi connectivity index (χ3n) is 3.59. The highest BCUT2D eigenvalue weighted by molar-refractivity contribution is 6.89. The van der Waals surface area contributed by atoms with Gasteiger partial charge in [-0.2, -0.15) is 0 Å². The molecule has 0 spiro atoms. The molecule has 0 fully saturated rings. The fourth-order valence-corrected chi connectivity index (χ4v) is 20.8. The van der Waals surface area contributed by atoms with Crippen molar-refractivity contribution in [2.24, 2.45) is 5.92 Å². The standard InChI is InChI=1S/C14H38O3Si4.C5H12/c1-11-12-13-14-21(10,16-19(5,6)7)17-20(8,9)15-18(2,3)4;1-4-5(2)3/h11-14H2,1-10H3;5H,4H2,1-3H3. The zero-order valence-electron chi connectivity index (χ0n) is 20.3. The Hall–Kier alpha value is 0.748. The average molecular weight is 439 g/mol. The van der Waals surface area contributed by atoms with Crippen LogP contribution in [0.5, 0.6) is 0 Å². The van der Waals surface area contributed by atoms with Crippen LogP contribution in [0, 0.1) is 5.92 Å². The predicted molar refractivity (Wildman–Crippen MR) is 129 cm³/mol. The summed E-state index contributed by atoms with van der Waals surface area (Å²) in [5.41, 5.74) is 0. The maximum atomic E-state index is 6.63. The second-order valence-electron chi connectivity index (χ2n) is 10.3. The molecule has 0 rings (SSSR count). The van der Waals surface area contributed by atoms with Gasteiger partial charge in [-0.25, -0.2) is 0 Å². The van der Waals surface area contributed by atoms with E-state index in [1.165, 1.54) is 25.7 Å². The molecule has 1 unspecified atom stereocenters. The first-order chi connectivity index (χ1) is 11.5. The van der Waals surface area contributed by atoms with E-state index in [9.17, 15) is 0 Å². The van der Waals surface area contributed by atoms with Gasteiger partial charge in [-0.1, -0.05) is 53.4 Å². The number of hydrogen-bond acceptors (Lipinski definition) is 3. The Morgan fingerprint density at radius 3 is 1.38 bits per heavy atom. The summed E-state index contributed by atoms with van der Waals surface area (Å²) in [4.78, 5) is 0. The van der Waals surface area contributed by atoms with E-state index >= 15 is 0 Å². The lowest BCUT2D eigenvalue weighted by molar-refractivity contribution is 0.322. The minimum Gasteiger partial charge on any atom is -0.437 e. The average Bonchev–Trinajstić information content (AvgIpc) is 2.33. The van der Waals surface area contributed by atoms with Crippen molar-refractivity contribution < 1.29 is 12.3 Å². The lowest BCUT2D eigenvalue weighted by atomic mass is 10.2. The highest BCUT2D eigenvalue weighted by Gasteiger charge is 2.43. The lowest BCUT2D eigenvalue weighted by Gasteiger charge is -2.41. The molecule has 0 aromatic carbocycles. The summed E-state index contributed by atoms with van der Waals surface area (Å²) in [5.74, 6) is 0.884. The molecule has 0 saturated heterocycles. The van der Waals surface area contributed by atoms with E-state index in [4.69, 9.17) is 12.3 Å². The monoisotopic (exact) mass is 438 g/mol. The fraction of sp³-hybridized carbons (Fsp3) is 1.00. The van der Waals surface area contributed by atoms with E-state index in [1.54, 1.807) is 0 Å². The molecule has 26 heavy (non-hydrogen) atoms. The zero-order chi connectivity index (χ0) is 21.2. The molecule has 1 atom stereocenters. The molecule has 0 aliphatic carbocycles. The summed E-state index contributed by atoms with van der Waals surface area (Å²) in [6.45, 7) is 29.0. The van der Waals surface area contributed by atoms with Crippen LogP contribution in [0.2, 0.25) is 65.0 Å². The Morgan fingerprint density at radius 1 is 0.654 bits per heavy atom. The maximum absolute atomic E-state index is 6.63. The van der Waals surface area contributed by atoms with Crippen LogP contribution in [0.3, 0.4) is 0 Å². The molecule has 0 aliphatic rings. The molecule has 0 radical (unpaired) electrons. The molecule has 3 nitrogen and oxygen atoms in total. The predicted octanol–water partition coefficient (Wildman–Crippen LogP) is 7.72. The topological polar surface area (TPSA) is 27.7 Å². The number of rotatable bonds is 11. The first kappa shape index (κ1) is 29.0. The van der Waals surface area contributed by atoms with Crippen molar-refractivity contribution in [3.05, 3.63) is 0 Å².